The molecule has 0 aromatic rings. The fourth-order valence-corrected chi connectivity index (χ4v) is 1.38. The minimum atomic E-state index is 0. The summed E-state index contributed by atoms with van der Waals surface area (Å²) in [5, 5.41) is 0. The van der Waals surface area contributed by atoms with Crippen LogP contribution in [-0.4, -0.2) is 0 Å². The summed E-state index contributed by atoms with van der Waals surface area (Å²) in [7, 11) is 0. The van der Waals surface area contributed by atoms with E-state index < -0.39 is 0 Å². The molecule has 0 spiro atoms. The van der Waals surface area contributed by atoms with E-state index in [1.165, 1.54) is 42.4 Å². The van der Waals surface area contributed by atoms with E-state index in [1.54, 1.807) is 0 Å². The zero-order valence-corrected chi connectivity index (χ0v) is 23.1. The van der Waals surface area contributed by atoms with Gasteiger partial charge in [0.1, 0.15) is 0 Å². The van der Waals surface area contributed by atoms with E-state index in [0.29, 0.717) is 0 Å². The molecule has 0 saturated carbocycles. The van der Waals surface area contributed by atoms with E-state index in [4.69, 9.17) is 0 Å². The first-order valence-electron chi connectivity index (χ1n) is 5.97. The minimum absolute atomic E-state index is 0. The van der Waals surface area contributed by atoms with Crippen molar-refractivity contribution in [2.45, 2.75) is 60.3 Å². The summed E-state index contributed by atoms with van der Waals surface area (Å²) in [5.41, 5.74) is 4.44. The second kappa shape index (κ2) is 23.5. The Morgan fingerprint density at radius 2 is 1.16 bits per heavy atom. The Hall–Kier alpha value is 3.22. The second-order valence-corrected chi connectivity index (χ2v) is 4.54. The fraction of sp³-hybridized carbons (Fsp3) is 0.600. The van der Waals surface area contributed by atoms with Crippen molar-refractivity contribution < 1.29 is 124 Å². The van der Waals surface area contributed by atoms with Gasteiger partial charge in [-0.2, -0.15) is 0 Å². The quantitative estimate of drug-likeness (QED) is 0.338. The summed E-state index contributed by atoms with van der Waals surface area (Å²) in [6.07, 6.45) is 11.7. The average Bonchev–Trinajstić information content (AvgIpc) is 2.17. The van der Waals surface area contributed by atoms with E-state index in [9.17, 15) is 0 Å². The van der Waals surface area contributed by atoms with Gasteiger partial charge in [-0.25, -0.2) is 0 Å². The SMILES string of the molecule is CC=C(C)CCC=C(C)CCC=C(C)C.[H-].[H-].[H-].[H-].[Na+].[Na+].[Na+].[Na+]. The maximum Gasteiger partial charge on any atom is 1.00 e. The molecule has 0 amide bonds. The molecule has 0 aliphatic carbocycles. The van der Waals surface area contributed by atoms with Crippen molar-refractivity contribution in [1.82, 2.24) is 0 Å². The Balaban J connectivity index is -0.0000000350. The molecule has 0 unspecified atom stereocenters. The van der Waals surface area contributed by atoms with Crippen LogP contribution in [0.15, 0.2) is 34.9 Å². The van der Waals surface area contributed by atoms with Crippen LogP contribution in [0.1, 0.15) is 66.0 Å². The van der Waals surface area contributed by atoms with Gasteiger partial charge in [0.05, 0.1) is 0 Å². The molecule has 0 aliphatic heterocycles. The smallest absolute Gasteiger partial charge is 1.00 e. The van der Waals surface area contributed by atoms with Crippen LogP contribution in [-0.2, 0) is 0 Å². The maximum atomic E-state index is 2.38. The topological polar surface area (TPSA) is 0 Å². The zero-order valence-electron chi connectivity index (χ0n) is 19.1. The number of hydrogen-bond acceptors (Lipinski definition) is 0. The first kappa shape index (κ1) is 33.7. The van der Waals surface area contributed by atoms with Gasteiger partial charge >= 0.3 is 118 Å². The maximum absolute atomic E-state index is 2.38. The molecule has 0 heterocycles. The third kappa shape index (κ3) is 26.4. The van der Waals surface area contributed by atoms with Gasteiger partial charge in [0.15, 0.2) is 0 Å². The standard InChI is InChI=1S/C15H26.4Na.4H/c1-6-14(4)10-8-12-15(5)11-7-9-13(2)3;;;;;;;;/h6,9,12H,7-8,10-11H2,1-5H3;;;;;;;;/q;4*+1;4*-1. The summed E-state index contributed by atoms with van der Waals surface area (Å²) in [6, 6.07) is 0. The van der Waals surface area contributed by atoms with Crippen LogP contribution < -0.4 is 118 Å². The molecule has 0 radical (unpaired) electrons. The van der Waals surface area contributed by atoms with Crippen LogP contribution >= 0.6 is 0 Å². The fourth-order valence-electron chi connectivity index (χ4n) is 1.38. The molecule has 0 aliphatic rings. The predicted molar refractivity (Wildman–Crippen MR) is 75.5 cm³/mol. The van der Waals surface area contributed by atoms with Crippen molar-refractivity contribution in [3.05, 3.63) is 34.9 Å². The van der Waals surface area contributed by atoms with Crippen molar-refractivity contribution in [3.63, 3.8) is 0 Å². The molecule has 0 nitrogen and oxygen atoms in total. The summed E-state index contributed by atoms with van der Waals surface area (Å²) in [4.78, 5) is 0. The zero-order chi connectivity index (χ0) is 11.7. The van der Waals surface area contributed by atoms with Gasteiger partial charge in [0, 0.05) is 0 Å². The van der Waals surface area contributed by atoms with E-state index in [-0.39, 0.29) is 124 Å². The molecule has 0 aromatic carbocycles. The normalized spacial score (nSPS) is 10.2. The summed E-state index contributed by atoms with van der Waals surface area (Å²) in [5.74, 6) is 0. The molecule has 0 saturated heterocycles. The van der Waals surface area contributed by atoms with Gasteiger partial charge in [0.2, 0.25) is 0 Å². The van der Waals surface area contributed by atoms with Gasteiger partial charge in [0.25, 0.3) is 0 Å². The van der Waals surface area contributed by atoms with Crippen LogP contribution in [0.25, 0.3) is 0 Å². The van der Waals surface area contributed by atoms with Gasteiger partial charge in [-0.1, -0.05) is 34.9 Å². The molecule has 4 heteroatoms. The van der Waals surface area contributed by atoms with Crippen molar-refractivity contribution in [2.24, 2.45) is 0 Å². The van der Waals surface area contributed by atoms with Crippen LogP contribution in [0.5, 0.6) is 0 Å². The van der Waals surface area contributed by atoms with Crippen molar-refractivity contribution in [1.29, 1.82) is 0 Å². The van der Waals surface area contributed by atoms with E-state index in [0.717, 1.165) is 0 Å². The summed E-state index contributed by atoms with van der Waals surface area (Å²) < 4.78 is 0. The Bertz CT molecular complexity index is 277. The number of hydrogen-bond donors (Lipinski definition) is 0. The minimum Gasteiger partial charge on any atom is -1.00 e. The third-order valence-electron chi connectivity index (χ3n) is 2.62. The van der Waals surface area contributed by atoms with Crippen LogP contribution in [0, 0.1) is 0 Å². The Kier molecular flexibility index (Phi) is 41.7. The van der Waals surface area contributed by atoms with Crippen molar-refractivity contribution in [2.75, 3.05) is 0 Å². The van der Waals surface area contributed by atoms with E-state index in [2.05, 4.69) is 52.8 Å². The van der Waals surface area contributed by atoms with E-state index in [1.807, 2.05) is 0 Å². The van der Waals surface area contributed by atoms with Crippen LogP contribution in [0.2, 0.25) is 0 Å². The molecule has 0 fully saturated rings. The Morgan fingerprint density at radius 3 is 1.58 bits per heavy atom. The Morgan fingerprint density at radius 1 is 0.737 bits per heavy atom. The molecule has 19 heavy (non-hydrogen) atoms. The van der Waals surface area contributed by atoms with Gasteiger partial charge in [-0.15, -0.1) is 0 Å². The predicted octanol–water partition coefficient (Wildman–Crippen LogP) is -6.11. The first-order valence-corrected chi connectivity index (χ1v) is 5.97. The van der Waals surface area contributed by atoms with Crippen molar-refractivity contribution >= 4 is 0 Å². The first-order chi connectivity index (χ1) is 7.06. The molecular formula is C15H30Na4. The summed E-state index contributed by atoms with van der Waals surface area (Å²) >= 11 is 0. The molecule has 0 aromatic heterocycles. The second-order valence-electron chi connectivity index (χ2n) is 4.54. The Labute approximate surface area is 215 Å². The third-order valence-corrected chi connectivity index (χ3v) is 2.62. The number of allylic oxidation sites excluding steroid dienone is 6. The molecule has 0 rings (SSSR count). The van der Waals surface area contributed by atoms with E-state index >= 15 is 0 Å². The largest absolute Gasteiger partial charge is 1.00 e. The molecule has 0 atom stereocenters. The molecule has 0 bridgehead atoms. The van der Waals surface area contributed by atoms with Crippen molar-refractivity contribution in [3.8, 4) is 0 Å². The van der Waals surface area contributed by atoms with Gasteiger partial charge < -0.3 is 5.71 Å². The number of rotatable bonds is 6. The molecule has 94 valence electrons. The van der Waals surface area contributed by atoms with Crippen LogP contribution in [0.4, 0.5) is 0 Å². The van der Waals surface area contributed by atoms with Gasteiger partial charge in [-0.3, -0.25) is 0 Å². The monoisotopic (exact) mass is 302 g/mol. The van der Waals surface area contributed by atoms with Crippen LogP contribution in [0.3, 0.4) is 0 Å². The molecular weight excluding hydrogens is 272 g/mol. The summed E-state index contributed by atoms with van der Waals surface area (Å²) in [6.45, 7) is 10.9. The molecule has 0 N–H and O–H groups in total. The van der Waals surface area contributed by atoms with Gasteiger partial charge in [-0.05, 0) is 60.3 Å². The average molecular weight is 302 g/mol.